The third kappa shape index (κ3) is 3.81. The van der Waals surface area contributed by atoms with Crippen molar-refractivity contribution >= 4 is 43.6 Å². The summed E-state index contributed by atoms with van der Waals surface area (Å²) in [6, 6.07) is 0.783. The minimum absolute atomic E-state index is 0. The molecule has 4 N–H and O–H groups in total. The quantitative estimate of drug-likeness (QED) is 0.715. The molecule has 0 aromatic carbocycles. The SMILES string of the molecule is COCCCC1CC(N)c2cc(S(N)(=O)=O)sc2S1(=O)=O.Cl. The summed E-state index contributed by atoms with van der Waals surface area (Å²) >= 11 is 0.684. The van der Waals surface area contributed by atoms with E-state index < -0.39 is 31.2 Å². The van der Waals surface area contributed by atoms with Gasteiger partial charge in [0, 0.05) is 19.8 Å². The van der Waals surface area contributed by atoms with E-state index in [0.717, 1.165) is 0 Å². The van der Waals surface area contributed by atoms with Gasteiger partial charge in [0.05, 0.1) is 5.25 Å². The van der Waals surface area contributed by atoms with Crippen molar-refractivity contribution in [2.24, 2.45) is 10.9 Å². The molecule has 0 spiro atoms. The summed E-state index contributed by atoms with van der Waals surface area (Å²) in [7, 11) is -5.95. The van der Waals surface area contributed by atoms with Crippen molar-refractivity contribution in [3.63, 3.8) is 0 Å². The van der Waals surface area contributed by atoms with E-state index in [0.29, 0.717) is 36.3 Å². The van der Waals surface area contributed by atoms with Crippen LogP contribution in [-0.2, 0) is 24.6 Å². The molecule has 128 valence electrons. The third-order valence-electron chi connectivity index (χ3n) is 3.47. The van der Waals surface area contributed by atoms with Crippen LogP contribution in [0.2, 0.25) is 0 Å². The lowest BCUT2D eigenvalue weighted by atomic mass is 10.0. The minimum Gasteiger partial charge on any atom is -0.385 e. The Balaban J connectivity index is 0.00000242. The molecule has 2 heterocycles. The number of thiophene rings is 1. The summed E-state index contributed by atoms with van der Waals surface area (Å²) in [6.45, 7) is 0.473. The first-order valence-corrected chi connectivity index (χ1v) is 10.2. The van der Waals surface area contributed by atoms with Gasteiger partial charge in [0.1, 0.15) is 8.42 Å². The van der Waals surface area contributed by atoms with Gasteiger partial charge in [-0.2, -0.15) is 0 Å². The molecule has 2 atom stereocenters. The van der Waals surface area contributed by atoms with E-state index in [-0.39, 0.29) is 27.2 Å². The van der Waals surface area contributed by atoms with E-state index in [9.17, 15) is 16.8 Å². The zero-order valence-corrected chi connectivity index (χ0v) is 15.2. The highest BCUT2D eigenvalue weighted by molar-refractivity contribution is 7.95. The third-order valence-corrected chi connectivity index (χ3v) is 8.84. The van der Waals surface area contributed by atoms with Gasteiger partial charge in [-0.1, -0.05) is 0 Å². The Morgan fingerprint density at radius 2 is 2.09 bits per heavy atom. The van der Waals surface area contributed by atoms with Gasteiger partial charge in [-0.25, -0.2) is 22.0 Å². The standard InChI is InChI=1S/C11H18N2O5S3.ClH/c1-18-4-2-3-7-5-9(12)8-6-10(21(13,16)17)19-11(8)20(7,14)15;/h6-7,9H,2-5,12H2,1H3,(H2,13,16,17);1H. The van der Waals surface area contributed by atoms with Crippen molar-refractivity contribution < 1.29 is 21.6 Å². The first kappa shape index (κ1) is 19.8. The van der Waals surface area contributed by atoms with E-state index >= 15 is 0 Å². The van der Waals surface area contributed by atoms with Crippen molar-refractivity contribution in [1.82, 2.24) is 0 Å². The number of fused-ring (bicyclic) bond motifs is 1. The molecule has 0 fully saturated rings. The number of primary sulfonamides is 1. The maximum absolute atomic E-state index is 12.6. The second-order valence-corrected chi connectivity index (χ2v) is 10.3. The van der Waals surface area contributed by atoms with E-state index in [4.69, 9.17) is 15.6 Å². The molecular formula is C11H19ClN2O5S3. The molecule has 0 amide bonds. The Labute approximate surface area is 140 Å². The van der Waals surface area contributed by atoms with Crippen molar-refractivity contribution in [2.45, 2.75) is 39.0 Å². The fourth-order valence-corrected chi connectivity index (χ4v) is 7.19. The van der Waals surface area contributed by atoms with Crippen LogP contribution in [0, 0.1) is 0 Å². The van der Waals surface area contributed by atoms with Crippen LogP contribution < -0.4 is 10.9 Å². The summed E-state index contributed by atoms with van der Waals surface area (Å²) in [5.74, 6) is 0. The molecule has 11 heteroatoms. The Bertz CT molecular complexity index is 729. The Morgan fingerprint density at radius 3 is 2.64 bits per heavy atom. The summed E-state index contributed by atoms with van der Waals surface area (Å²) < 4.78 is 52.7. The Hall–Kier alpha value is -0.230. The van der Waals surface area contributed by atoms with Crippen LogP contribution in [0.4, 0.5) is 0 Å². The molecule has 2 rings (SSSR count). The van der Waals surface area contributed by atoms with Crippen molar-refractivity contribution in [1.29, 1.82) is 0 Å². The summed E-state index contributed by atoms with van der Waals surface area (Å²) in [5, 5.41) is 4.46. The normalized spacial score (nSPS) is 23.6. The second-order valence-electron chi connectivity index (χ2n) is 5.00. The van der Waals surface area contributed by atoms with Gasteiger partial charge in [-0.3, -0.25) is 0 Å². The van der Waals surface area contributed by atoms with Crippen LogP contribution in [-0.4, -0.2) is 35.8 Å². The average Bonchev–Trinajstić information content (AvgIpc) is 2.82. The molecule has 1 aliphatic heterocycles. The van der Waals surface area contributed by atoms with Crippen LogP contribution in [0.25, 0.3) is 0 Å². The fraction of sp³-hybridized carbons (Fsp3) is 0.636. The fourth-order valence-electron chi connectivity index (χ4n) is 2.40. The lowest BCUT2D eigenvalue weighted by Crippen LogP contribution is -2.32. The molecule has 7 nitrogen and oxygen atoms in total. The number of halogens is 1. The zero-order chi connectivity index (χ0) is 15.8. The molecule has 0 bridgehead atoms. The molecule has 2 unspecified atom stereocenters. The lowest BCUT2D eigenvalue weighted by molar-refractivity contribution is 0.192. The summed E-state index contributed by atoms with van der Waals surface area (Å²) in [5.41, 5.74) is 6.35. The van der Waals surface area contributed by atoms with Crippen LogP contribution in [0.15, 0.2) is 14.5 Å². The first-order chi connectivity index (χ1) is 9.67. The Morgan fingerprint density at radius 1 is 1.45 bits per heavy atom. The first-order valence-electron chi connectivity index (χ1n) is 6.33. The van der Waals surface area contributed by atoms with Gasteiger partial charge in [0.15, 0.2) is 9.84 Å². The topological polar surface area (TPSA) is 130 Å². The number of sulfonamides is 1. The highest BCUT2D eigenvalue weighted by atomic mass is 35.5. The van der Waals surface area contributed by atoms with Gasteiger partial charge in [0.2, 0.25) is 10.0 Å². The zero-order valence-electron chi connectivity index (χ0n) is 11.9. The van der Waals surface area contributed by atoms with E-state index in [1.54, 1.807) is 7.11 Å². The van der Waals surface area contributed by atoms with Gasteiger partial charge in [0.25, 0.3) is 0 Å². The van der Waals surface area contributed by atoms with Crippen molar-refractivity contribution in [2.75, 3.05) is 13.7 Å². The molecule has 0 aliphatic carbocycles. The van der Waals surface area contributed by atoms with E-state index in [2.05, 4.69) is 0 Å². The van der Waals surface area contributed by atoms with E-state index in [1.807, 2.05) is 0 Å². The van der Waals surface area contributed by atoms with Crippen molar-refractivity contribution in [3.8, 4) is 0 Å². The van der Waals surface area contributed by atoms with Gasteiger partial charge < -0.3 is 10.5 Å². The number of hydrogen-bond donors (Lipinski definition) is 2. The molecule has 1 aromatic heterocycles. The second kappa shape index (κ2) is 7.12. The molecule has 0 saturated carbocycles. The monoisotopic (exact) mass is 390 g/mol. The maximum atomic E-state index is 12.6. The predicted octanol–water partition coefficient (Wildman–Crippen LogP) is 0.790. The average molecular weight is 391 g/mol. The number of sulfone groups is 1. The largest absolute Gasteiger partial charge is 0.385 e. The molecule has 0 saturated heterocycles. The molecular weight excluding hydrogens is 372 g/mol. The number of rotatable bonds is 5. The highest BCUT2D eigenvalue weighted by Crippen LogP contribution is 2.42. The summed E-state index contributed by atoms with van der Waals surface area (Å²) in [6.07, 6.45) is 1.32. The smallest absolute Gasteiger partial charge is 0.247 e. The number of ether oxygens (including phenoxy) is 1. The maximum Gasteiger partial charge on any atom is 0.247 e. The molecule has 22 heavy (non-hydrogen) atoms. The number of hydrogen-bond acceptors (Lipinski definition) is 7. The van der Waals surface area contributed by atoms with Crippen LogP contribution in [0.5, 0.6) is 0 Å². The summed E-state index contributed by atoms with van der Waals surface area (Å²) in [4.78, 5) is 0. The van der Waals surface area contributed by atoms with Crippen LogP contribution in [0.3, 0.4) is 0 Å². The molecule has 1 aliphatic rings. The number of nitrogens with two attached hydrogens (primary N) is 2. The minimum atomic E-state index is -3.93. The van der Waals surface area contributed by atoms with E-state index in [1.165, 1.54) is 6.07 Å². The predicted molar refractivity (Wildman–Crippen MR) is 86.6 cm³/mol. The van der Waals surface area contributed by atoms with Crippen molar-refractivity contribution in [3.05, 3.63) is 11.6 Å². The van der Waals surface area contributed by atoms with Gasteiger partial charge in [-0.05, 0) is 30.9 Å². The molecule has 1 aromatic rings. The van der Waals surface area contributed by atoms with Crippen LogP contribution in [0.1, 0.15) is 30.9 Å². The van der Waals surface area contributed by atoms with Crippen LogP contribution >= 0.6 is 23.7 Å². The van der Waals surface area contributed by atoms with Gasteiger partial charge in [-0.15, -0.1) is 23.7 Å². The Kier molecular flexibility index (Phi) is 6.41. The number of methoxy groups -OCH3 is 1. The van der Waals surface area contributed by atoms with Gasteiger partial charge >= 0.3 is 0 Å². The highest BCUT2D eigenvalue weighted by Gasteiger charge is 2.40. The lowest BCUT2D eigenvalue weighted by Gasteiger charge is -2.26. The molecule has 0 radical (unpaired) electrons.